The second-order valence-corrected chi connectivity index (χ2v) is 6.75. The first-order chi connectivity index (χ1) is 9.54. The van der Waals surface area contributed by atoms with Gasteiger partial charge in [0, 0.05) is 30.2 Å². The Labute approximate surface area is 121 Å². The summed E-state index contributed by atoms with van der Waals surface area (Å²) in [6.07, 6.45) is 3.07. The van der Waals surface area contributed by atoms with Crippen LogP contribution < -0.4 is 4.72 Å². The summed E-state index contributed by atoms with van der Waals surface area (Å²) in [5.74, 6) is -0.0352. The molecule has 2 aromatic rings. The van der Waals surface area contributed by atoms with Crippen molar-refractivity contribution in [2.24, 2.45) is 0 Å². The van der Waals surface area contributed by atoms with Crippen molar-refractivity contribution in [2.45, 2.75) is 17.7 Å². The molecule has 6 nitrogen and oxygen atoms in total. The summed E-state index contributed by atoms with van der Waals surface area (Å²) in [5.41, 5.74) is -0.109. The van der Waals surface area contributed by atoms with Crippen LogP contribution in [0.2, 0.25) is 0 Å². The molecule has 0 aliphatic heterocycles. The summed E-state index contributed by atoms with van der Waals surface area (Å²) < 4.78 is 26.8. The fraction of sp³-hybridized carbons (Fsp3) is 0.250. The topological polar surface area (TPSA) is 95.7 Å². The number of nitrogens with zero attached hydrogens (tertiary/aromatic N) is 3. The smallest absolute Gasteiger partial charge is 0.243 e. The minimum atomic E-state index is -3.75. The highest BCUT2D eigenvalue weighted by Crippen LogP contribution is 2.18. The number of aromatic nitrogens is 2. The molecule has 0 bridgehead atoms. The Hall–Kier alpha value is -1.82. The highest BCUT2D eigenvalue weighted by molar-refractivity contribution is 7.89. The van der Waals surface area contributed by atoms with Crippen molar-refractivity contribution >= 4 is 21.4 Å². The van der Waals surface area contributed by atoms with Gasteiger partial charge in [-0.25, -0.2) is 23.1 Å². The van der Waals surface area contributed by atoms with Crippen LogP contribution in [0.5, 0.6) is 0 Å². The lowest BCUT2D eigenvalue weighted by atomic mass is 10.2. The van der Waals surface area contributed by atoms with Crippen LogP contribution in [0.4, 0.5) is 0 Å². The molecule has 0 saturated carbocycles. The third-order valence-electron chi connectivity index (χ3n) is 2.62. The standard InChI is InChI=1S/C12H12N4O2S2/c1-9(12-15-5-6-19-12)8-16-20(17,18)11-3-2-4-14-10(11)7-13/h2-6,9,16H,8H2,1H3. The molecule has 0 aliphatic rings. The Bertz CT molecular complexity index is 720. The van der Waals surface area contributed by atoms with Gasteiger partial charge in [0.15, 0.2) is 5.69 Å². The predicted octanol–water partition coefficient (Wildman–Crippen LogP) is 1.49. The summed E-state index contributed by atoms with van der Waals surface area (Å²) in [7, 11) is -3.75. The van der Waals surface area contributed by atoms with E-state index in [1.54, 1.807) is 12.3 Å². The summed E-state index contributed by atoms with van der Waals surface area (Å²) >= 11 is 1.47. The number of hydrogen-bond donors (Lipinski definition) is 1. The summed E-state index contributed by atoms with van der Waals surface area (Å²) in [5, 5.41) is 11.6. The van der Waals surface area contributed by atoms with Gasteiger partial charge in [-0.15, -0.1) is 11.3 Å². The van der Waals surface area contributed by atoms with E-state index in [1.807, 2.05) is 12.3 Å². The Kier molecular flexibility index (Phi) is 4.44. The number of rotatable bonds is 5. The van der Waals surface area contributed by atoms with E-state index in [-0.39, 0.29) is 23.1 Å². The molecular formula is C12H12N4O2S2. The van der Waals surface area contributed by atoms with Crippen LogP contribution in [0.15, 0.2) is 34.8 Å². The van der Waals surface area contributed by atoms with E-state index in [1.165, 1.54) is 29.7 Å². The van der Waals surface area contributed by atoms with Gasteiger partial charge in [-0.05, 0) is 12.1 Å². The molecule has 2 rings (SSSR count). The number of sulfonamides is 1. The van der Waals surface area contributed by atoms with E-state index >= 15 is 0 Å². The quantitative estimate of drug-likeness (QED) is 0.903. The number of pyridine rings is 1. The van der Waals surface area contributed by atoms with E-state index in [4.69, 9.17) is 5.26 Å². The normalized spacial score (nSPS) is 12.8. The van der Waals surface area contributed by atoms with Crippen LogP contribution in [-0.4, -0.2) is 24.9 Å². The van der Waals surface area contributed by atoms with Gasteiger partial charge in [-0.3, -0.25) is 0 Å². The zero-order valence-electron chi connectivity index (χ0n) is 10.6. The average molecular weight is 308 g/mol. The van der Waals surface area contributed by atoms with Crippen LogP contribution >= 0.6 is 11.3 Å². The van der Waals surface area contributed by atoms with Crippen molar-refractivity contribution in [3.05, 3.63) is 40.6 Å². The van der Waals surface area contributed by atoms with Crippen LogP contribution in [0.25, 0.3) is 0 Å². The van der Waals surface area contributed by atoms with Gasteiger partial charge < -0.3 is 0 Å². The third kappa shape index (κ3) is 3.19. The zero-order chi connectivity index (χ0) is 14.6. The van der Waals surface area contributed by atoms with Gasteiger partial charge in [0.25, 0.3) is 0 Å². The molecule has 8 heteroatoms. The van der Waals surface area contributed by atoms with E-state index < -0.39 is 10.0 Å². The average Bonchev–Trinajstić information content (AvgIpc) is 2.99. The van der Waals surface area contributed by atoms with Crippen LogP contribution in [-0.2, 0) is 10.0 Å². The molecular weight excluding hydrogens is 296 g/mol. The molecule has 1 unspecified atom stereocenters. The van der Waals surface area contributed by atoms with Crippen LogP contribution in [0.3, 0.4) is 0 Å². The van der Waals surface area contributed by atoms with Crippen molar-refractivity contribution in [1.29, 1.82) is 5.26 Å². The zero-order valence-corrected chi connectivity index (χ0v) is 12.3. The third-order valence-corrected chi connectivity index (χ3v) is 5.08. The minimum Gasteiger partial charge on any atom is -0.249 e. The molecule has 1 atom stereocenters. The first kappa shape index (κ1) is 14.6. The van der Waals surface area contributed by atoms with E-state index in [2.05, 4.69) is 14.7 Å². The molecule has 20 heavy (non-hydrogen) atoms. The van der Waals surface area contributed by atoms with Gasteiger partial charge in [0.05, 0.1) is 5.01 Å². The summed E-state index contributed by atoms with van der Waals surface area (Å²) in [6, 6.07) is 4.63. The second-order valence-electron chi connectivity index (χ2n) is 4.09. The molecule has 1 N–H and O–H groups in total. The SMILES string of the molecule is CC(CNS(=O)(=O)c1cccnc1C#N)c1nccs1. The fourth-order valence-corrected chi connectivity index (χ4v) is 3.50. The molecule has 2 heterocycles. The molecule has 2 aromatic heterocycles. The lowest BCUT2D eigenvalue weighted by Gasteiger charge is -2.11. The molecule has 0 amide bonds. The largest absolute Gasteiger partial charge is 0.249 e. The highest BCUT2D eigenvalue weighted by Gasteiger charge is 2.20. The Morgan fingerprint density at radius 1 is 1.45 bits per heavy atom. The molecule has 0 saturated heterocycles. The molecule has 0 radical (unpaired) electrons. The van der Waals surface area contributed by atoms with E-state index in [9.17, 15) is 8.42 Å². The molecule has 0 fully saturated rings. The number of nitrogens with one attached hydrogen (secondary N) is 1. The maximum atomic E-state index is 12.2. The van der Waals surface area contributed by atoms with E-state index in [0.29, 0.717) is 0 Å². The number of thiazole rings is 1. The molecule has 0 spiro atoms. The van der Waals surface area contributed by atoms with Gasteiger partial charge >= 0.3 is 0 Å². The lowest BCUT2D eigenvalue weighted by Crippen LogP contribution is -2.28. The molecule has 0 aliphatic carbocycles. The number of nitriles is 1. The first-order valence-electron chi connectivity index (χ1n) is 5.79. The van der Waals surface area contributed by atoms with Gasteiger partial charge in [0.1, 0.15) is 11.0 Å². The van der Waals surface area contributed by atoms with Crippen molar-refractivity contribution < 1.29 is 8.42 Å². The summed E-state index contributed by atoms with van der Waals surface area (Å²) in [4.78, 5) is 7.79. The maximum Gasteiger partial charge on any atom is 0.243 e. The molecule has 104 valence electrons. The number of hydrogen-bond acceptors (Lipinski definition) is 6. The molecule has 0 aromatic carbocycles. The van der Waals surface area contributed by atoms with Crippen molar-refractivity contribution in [1.82, 2.24) is 14.7 Å². The highest BCUT2D eigenvalue weighted by atomic mass is 32.2. The van der Waals surface area contributed by atoms with Gasteiger partial charge in [-0.2, -0.15) is 5.26 Å². The van der Waals surface area contributed by atoms with Crippen LogP contribution in [0, 0.1) is 11.3 Å². The Morgan fingerprint density at radius 2 is 2.25 bits per heavy atom. The van der Waals surface area contributed by atoms with E-state index in [0.717, 1.165) is 5.01 Å². The van der Waals surface area contributed by atoms with Gasteiger partial charge in [-0.1, -0.05) is 6.92 Å². The van der Waals surface area contributed by atoms with Gasteiger partial charge in [0.2, 0.25) is 10.0 Å². The fourth-order valence-electron chi connectivity index (χ4n) is 1.57. The van der Waals surface area contributed by atoms with Crippen molar-refractivity contribution in [3.8, 4) is 6.07 Å². The minimum absolute atomic E-state index is 0.0352. The predicted molar refractivity (Wildman–Crippen MR) is 74.7 cm³/mol. The second kappa shape index (κ2) is 6.09. The maximum absolute atomic E-state index is 12.2. The summed E-state index contributed by atoms with van der Waals surface area (Å²) in [6.45, 7) is 2.10. The Balaban J connectivity index is 2.14. The lowest BCUT2D eigenvalue weighted by molar-refractivity contribution is 0.574. The first-order valence-corrected chi connectivity index (χ1v) is 8.15. The monoisotopic (exact) mass is 308 g/mol. The van der Waals surface area contributed by atoms with Crippen LogP contribution in [0.1, 0.15) is 23.5 Å². The van der Waals surface area contributed by atoms with Crippen molar-refractivity contribution in [2.75, 3.05) is 6.54 Å². The Morgan fingerprint density at radius 3 is 2.90 bits per heavy atom. The van der Waals surface area contributed by atoms with Crippen molar-refractivity contribution in [3.63, 3.8) is 0 Å².